The van der Waals surface area contributed by atoms with Crippen LogP contribution in [0.2, 0.25) is 5.15 Å². The number of aromatic nitrogens is 2. The van der Waals surface area contributed by atoms with E-state index < -0.39 is 0 Å². The van der Waals surface area contributed by atoms with Crippen molar-refractivity contribution in [2.24, 2.45) is 0 Å². The second kappa shape index (κ2) is 5.79. The van der Waals surface area contributed by atoms with E-state index in [2.05, 4.69) is 15.3 Å². The summed E-state index contributed by atoms with van der Waals surface area (Å²) in [5.41, 5.74) is 1.27. The minimum absolute atomic E-state index is 0.254. The van der Waals surface area contributed by atoms with E-state index in [1.807, 2.05) is 36.6 Å². The Hall–Kier alpha value is -1.98. The Balaban J connectivity index is 1.81. The van der Waals surface area contributed by atoms with Crippen molar-refractivity contribution in [2.75, 3.05) is 0 Å². The van der Waals surface area contributed by atoms with E-state index in [-0.39, 0.29) is 5.91 Å². The lowest BCUT2D eigenvalue weighted by Crippen LogP contribution is -2.23. The third kappa shape index (κ3) is 3.04. The molecule has 1 N–H and O–H groups in total. The summed E-state index contributed by atoms with van der Waals surface area (Å²) in [5.74, 6) is -0.254. The number of rotatable bonds is 3. The number of carbonyl (C=O) groups excluding carboxylic acids is 1. The maximum Gasteiger partial charge on any atom is 0.270 e. The molecule has 0 saturated carbocycles. The number of aryl methyl sites for hydroxylation is 1. The molecule has 0 saturated heterocycles. The van der Waals surface area contributed by atoms with Crippen LogP contribution in [0.1, 0.15) is 21.2 Å². The van der Waals surface area contributed by atoms with Crippen LogP contribution in [-0.2, 0) is 6.54 Å². The molecular formula is C15H12ClN3OS. The van der Waals surface area contributed by atoms with Crippen molar-refractivity contribution >= 4 is 39.6 Å². The van der Waals surface area contributed by atoms with Gasteiger partial charge in [-0.15, -0.1) is 11.3 Å². The first-order valence-electron chi connectivity index (χ1n) is 6.38. The van der Waals surface area contributed by atoms with Gasteiger partial charge in [-0.2, -0.15) is 0 Å². The summed E-state index contributed by atoms with van der Waals surface area (Å²) in [4.78, 5) is 20.6. The highest BCUT2D eigenvalue weighted by atomic mass is 35.5. The molecule has 106 valence electrons. The monoisotopic (exact) mass is 317 g/mol. The lowest BCUT2D eigenvalue weighted by Gasteiger charge is -2.05. The number of hydrogen-bond donors (Lipinski definition) is 1. The molecule has 0 bridgehead atoms. The summed E-state index contributed by atoms with van der Waals surface area (Å²) < 4.78 is 0. The highest BCUT2D eigenvalue weighted by molar-refractivity contribution is 7.09. The second-order valence-corrected chi connectivity index (χ2v) is 5.89. The van der Waals surface area contributed by atoms with E-state index >= 15 is 0 Å². The third-order valence-electron chi connectivity index (χ3n) is 2.99. The Morgan fingerprint density at radius 2 is 2.14 bits per heavy atom. The lowest BCUT2D eigenvalue weighted by molar-refractivity contribution is 0.0946. The summed E-state index contributed by atoms with van der Waals surface area (Å²) in [5, 5.41) is 7.70. The molecular weight excluding hydrogens is 306 g/mol. The predicted molar refractivity (Wildman–Crippen MR) is 84.8 cm³/mol. The minimum atomic E-state index is -0.254. The number of pyridine rings is 1. The zero-order valence-corrected chi connectivity index (χ0v) is 12.8. The molecule has 2 aromatic heterocycles. The number of hydrogen-bond acceptors (Lipinski definition) is 4. The van der Waals surface area contributed by atoms with E-state index in [1.165, 1.54) is 11.3 Å². The van der Waals surface area contributed by atoms with Crippen LogP contribution in [0.3, 0.4) is 0 Å². The van der Waals surface area contributed by atoms with Gasteiger partial charge in [0.15, 0.2) is 0 Å². The number of thiazole rings is 1. The van der Waals surface area contributed by atoms with Crippen LogP contribution < -0.4 is 5.32 Å². The zero-order chi connectivity index (χ0) is 14.8. The summed E-state index contributed by atoms with van der Waals surface area (Å²) in [7, 11) is 0. The van der Waals surface area contributed by atoms with Crippen molar-refractivity contribution < 1.29 is 4.79 Å². The Bertz CT molecular complexity index is 816. The Morgan fingerprint density at radius 1 is 1.33 bits per heavy atom. The number of nitrogens with one attached hydrogen (secondary N) is 1. The maximum atomic E-state index is 12.2. The van der Waals surface area contributed by atoms with Crippen molar-refractivity contribution in [3.05, 3.63) is 57.3 Å². The Morgan fingerprint density at radius 3 is 2.90 bits per heavy atom. The average molecular weight is 318 g/mol. The Labute approximate surface area is 130 Å². The molecule has 0 aliphatic heterocycles. The van der Waals surface area contributed by atoms with Gasteiger partial charge >= 0.3 is 0 Å². The number of benzene rings is 1. The van der Waals surface area contributed by atoms with E-state index in [0.717, 1.165) is 21.5 Å². The van der Waals surface area contributed by atoms with Crippen LogP contribution in [0.25, 0.3) is 10.8 Å². The predicted octanol–water partition coefficient (Wildman–Crippen LogP) is 3.58. The van der Waals surface area contributed by atoms with E-state index in [1.54, 1.807) is 6.07 Å². The molecule has 0 aliphatic carbocycles. The smallest absolute Gasteiger partial charge is 0.270 e. The first-order valence-corrected chi connectivity index (χ1v) is 7.64. The first kappa shape index (κ1) is 14.0. The van der Waals surface area contributed by atoms with Crippen molar-refractivity contribution in [3.8, 4) is 0 Å². The number of amides is 1. The van der Waals surface area contributed by atoms with E-state index in [4.69, 9.17) is 11.6 Å². The molecule has 0 spiro atoms. The van der Waals surface area contributed by atoms with Crippen molar-refractivity contribution in [1.82, 2.24) is 15.3 Å². The van der Waals surface area contributed by atoms with Gasteiger partial charge in [0.1, 0.15) is 15.9 Å². The molecule has 6 heteroatoms. The fraction of sp³-hybridized carbons (Fsp3) is 0.133. The van der Waals surface area contributed by atoms with Gasteiger partial charge < -0.3 is 5.32 Å². The lowest BCUT2D eigenvalue weighted by atomic mass is 10.1. The van der Waals surface area contributed by atoms with Crippen LogP contribution in [0.5, 0.6) is 0 Å². The molecule has 1 aromatic carbocycles. The zero-order valence-electron chi connectivity index (χ0n) is 11.3. The van der Waals surface area contributed by atoms with Gasteiger partial charge in [-0.25, -0.2) is 9.97 Å². The third-order valence-corrected chi connectivity index (χ3v) is 4.25. The summed E-state index contributed by atoms with van der Waals surface area (Å²) in [6.45, 7) is 2.32. The minimum Gasteiger partial charge on any atom is -0.344 e. The molecule has 0 fully saturated rings. The summed E-state index contributed by atoms with van der Waals surface area (Å²) >= 11 is 7.65. The molecule has 4 nitrogen and oxygen atoms in total. The molecule has 21 heavy (non-hydrogen) atoms. The molecule has 0 radical (unpaired) electrons. The quantitative estimate of drug-likeness (QED) is 0.751. The van der Waals surface area contributed by atoms with Crippen LogP contribution in [-0.4, -0.2) is 15.9 Å². The van der Waals surface area contributed by atoms with Crippen LogP contribution in [0.15, 0.2) is 35.7 Å². The highest BCUT2D eigenvalue weighted by Gasteiger charge is 2.11. The molecule has 2 heterocycles. The summed E-state index contributed by atoms with van der Waals surface area (Å²) in [6.07, 6.45) is 0. The molecule has 3 rings (SSSR count). The van der Waals surface area contributed by atoms with Crippen molar-refractivity contribution in [1.29, 1.82) is 0 Å². The molecule has 0 atom stereocenters. The molecule has 1 amide bonds. The fourth-order valence-electron chi connectivity index (χ4n) is 2.00. The van der Waals surface area contributed by atoms with Gasteiger partial charge in [0.25, 0.3) is 5.91 Å². The topological polar surface area (TPSA) is 54.9 Å². The van der Waals surface area contributed by atoms with Gasteiger partial charge in [-0.05, 0) is 18.4 Å². The SMILES string of the molecule is Cc1csc(CNC(=O)c2cc3ccccc3c(Cl)n2)n1. The summed E-state index contributed by atoms with van der Waals surface area (Å²) in [6, 6.07) is 9.32. The first-order chi connectivity index (χ1) is 10.1. The number of halogens is 1. The van der Waals surface area contributed by atoms with Crippen LogP contribution >= 0.6 is 22.9 Å². The number of nitrogens with zero attached hydrogens (tertiary/aromatic N) is 2. The highest BCUT2D eigenvalue weighted by Crippen LogP contribution is 2.22. The largest absolute Gasteiger partial charge is 0.344 e. The van der Waals surface area contributed by atoms with Crippen LogP contribution in [0, 0.1) is 6.92 Å². The van der Waals surface area contributed by atoms with Gasteiger partial charge in [-0.1, -0.05) is 35.9 Å². The van der Waals surface area contributed by atoms with Gasteiger partial charge in [0.2, 0.25) is 0 Å². The van der Waals surface area contributed by atoms with Crippen LogP contribution in [0.4, 0.5) is 0 Å². The second-order valence-electron chi connectivity index (χ2n) is 4.58. The fourth-order valence-corrected chi connectivity index (χ4v) is 2.98. The molecule has 3 aromatic rings. The number of carbonyl (C=O) groups is 1. The van der Waals surface area contributed by atoms with Gasteiger partial charge in [0, 0.05) is 16.5 Å². The standard InChI is InChI=1S/C15H12ClN3OS/c1-9-8-21-13(18-9)7-17-15(20)12-6-10-4-2-3-5-11(10)14(16)19-12/h2-6,8H,7H2,1H3,(H,17,20). The van der Waals surface area contributed by atoms with Crippen molar-refractivity contribution in [3.63, 3.8) is 0 Å². The number of fused-ring (bicyclic) bond motifs is 1. The van der Waals surface area contributed by atoms with Gasteiger partial charge in [-0.3, -0.25) is 4.79 Å². The van der Waals surface area contributed by atoms with Gasteiger partial charge in [0.05, 0.1) is 6.54 Å². The molecule has 0 aliphatic rings. The van der Waals surface area contributed by atoms with E-state index in [0.29, 0.717) is 17.4 Å². The Kier molecular flexibility index (Phi) is 3.86. The maximum absolute atomic E-state index is 12.2. The van der Waals surface area contributed by atoms with Crippen molar-refractivity contribution in [2.45, 2.75) is 13.5 Å². The normalized spacial score (nSPS) is 10.8. The van der Waals surface area contributed by atoms with E-state index in [9.17, 15) is 4.79 Å². The molecule has 0 unspecified atom stereocenters. The average Bonchev–Trinajstić information content (AvgIpc) is 2.90.